The number of carbonyl (C=O) groups is 3. The van der Waals surface area contributed by atoms with Gasteiger partial charge in [-0.1, -0.05) is 48.0 Å². The number of nitrogens with zero attached hydrogens (tertiary/aromatic N) is 3. The van der Waals surface area contributed by atoms with Crippen LogP contribution in [0.5, 0.6) is 0 Å². The maximum absolute atomic E-state index is 13.2. The molecule has 5 rings (SSSR count). The maximum Gasteiger partial charge on any atom is 0.293 e. The van der Waals surface area contributed by atoms with E-state index in [1.165, 1.54) is 17.0 Å². The van der Waals surface area contributed by atoms with E-state index in [-0.39, 0.29) is 29.4 Å². The first kappa shape index (κ1) is 26.2. The van der Waals surface area contributed by atoms with Crippen LogP contribution in [0.15, 0.2) is 77.7 Å². The number of hydrogen-bond acceptors (Lipinski definition) is 5. The number of imide groups is 1. The third-order valence-corrected chi connectivity index (χ3v) is 7.66. The van der Waals surface area contributed by atoms with E-state index in [4.69, 9.17) is 11.6 Å². The Kier molecular flexibility index (Phi) is 7.93. The van der Waals surface area contributed by atoms with Crippen LogP contribution in [0.25, 0.3) is 6.08 Å². The molecule has 0 spiro atoms. The third kappa shape index (κ3) is 6.15. The predicted octanol–water partition coefficient (Wildman–Crippen LogP) is 5.67. The number of rotatable bonds is 6. The first-order valence-electron chi connectivity index (χ1n) is 12.2. The molecule has 0 unspecified atom stereocenters. The van der Waals surface area contributed by atoms with Crippen LogP contribution in [0.4, 0.5) is 9.18 Å². The van der Waals surface area contributed by atoms with E-state index in [1.54, 1.807) is 54.6 Å². The van der Waals surface area contributed by atoms with E-state index >= 15 is 0 Å². The minimum Gasteiger partial charge on any atom is -0.336 e. The highest BCUT2D eigenvalue weighted by atomic mass is 35.5. The van der Waals surface area contributed by atoms with Crippen molar-refractivity contribution in [1.29, 1.82) is 0 Å². The number of halogens is 2. The molecule has 3 aromatic carbocycles. The van der Waals surface area contributed by atoms with Gasteiger partial charge in [0.15, 0.2) is 0 Å². The smallest absolute Gasteiger partial charge is 0.293 e. The van der Waals surface area contributed by atoms with Gasteiger partial charge >= 0.3 is 0 Å². The van der Waals surface area contributed by atoms with E-state index < -0.39 is 0 Å². The topological polar surface area (TPSA) is 60.9 Å². The second kappa shape index (κ2) is 11.5. The molecule has 0 radical (unpaired) electrons. The second-order valence-corrected chi connectivity index (χ2v) is 10.6. The summed E-state index contributed by atoms with van der Waals surface area (Å²) in [5.41, 5.74) is 3.02. The monoisotopic (exact) mass is 549 g/mol. The normalized spacial score (nSPS) is 17.5. The Hall–Kier alpha value is -3.46. The lowest BCUT2D eigenvalue weighted by Crippen LogP contribution is -2.48. The summed E-state index contributed by atoms with van der Waals surface area (Å²) in [6.07, 6.45) is 1.65. The lowest BCUT2D eigenvalue weighted by Gasteiger charge is -2.34. The largest absolute Gasteiger partial charge is 0.336 e. The average molecular weight is 550 g/mol. The predicted molar refractivity (Wildman–Crippen MR) is 147 cm³/mol. The van der Waals surface area contributed by atoms with Crippen molar-refractivity contribution < 1.29 is 18.8 Å². The molecule has 2 saturated heterocycles. The quantitative estimate of drug-likeness (QED) is 0.371. The molecule has 0 N–H and O–H groups in total. The fraction of sp³-hybridized carbons (Fsp3) is 0.207. The van der Waals surface area contributed by atoms with Gasteiger partial charge in [0.1, 0.15) is 5.82 Å². The van der Waals surface area contributed by atoms with Crippen molar-refractivity contribution in [3.8, 4) is 0 Å². The lowest BCUT2D eigenvalue weighted by molar-refractivity contribution is -0.123. The molecule has 2 aliphatic rings. The van der Waals surface area contributed by atoms with Crippen molar-refractivity contribution in [3.63, 3.8) is 0 Å². The molecule has 0 aromatic heterocycles. The molecule has 194 valence electrons. The van der Waals surface area contributed by atoms with Crippen LogP contribution in [0.2, 0.25) is 5.02 Å². The SMILES string of the molecule is O=C(c1cccc(/C=C2\SC(=O)N(Cc3cccc(Cl)c3)C2=O)c1)N1CCN(Cc2ccc(F)cc2)CC1. The number of amides is 3. The second-order valence-electron chi connectivity index (χ2n) is 9.22. The van der Waals surface area contributed by atoms with E-state index in [9.17, 15) is 18.8 Å². The zero-order valence-electron chi connectivity index (χ0n) is 20.5. The first-order chi connectivity index (χ1) is 18.4. The number of piperazine rings is 1. The van der Waals surface area contributed by atoms with E-state index in [2.05, 4.69) is 4.90 Å². The van der Waals surface area contributed by atoms with Gasteiger partial charge in [0, 0.05) is 43.3 Å². The van der Waals surface area contributed by atoms with Gasteiger partial charge in [-0.25, -0.2) is 4.39 Å². The van der Waals surface area contributed by atoms with Gasteiger partial charge in [0.25, 0.3) is 17.1 Å². The first-order valence-corrected chi connectivity index (χ1v) is 13.4. The third-order valence-electron chi connectivity index (χ3n) is 6.51. The molecule has 3 amide bonds. The van der Waals surface area contributed by atoms with Crippen LogP contribution in [0, 0.1) is 5.82 Å². The van der Waals surface area contributed by atoms with Crippen molar-refractivity contribution in [1.82, 2.24) is 14.7 Å². The van der Waals surface area contributed by atoms with Crippen molar-refractivity contribution in [3.05, 3.63) is 111 Å². The Morgan fingerprint density at radius 2 is 1.63 bits per heavy atom. The van der Waals surface area contributed by atoms with E-state index in [0.29, 0.717) is 40.7 Å². The number of carbonyl (C=O) groups excluding carboxylic acids is 3. The summed E-state index contributed by atoms with van der Waals surface area (Å²) in [6, 6.07) is 20.6. The van der Waals surface area contributed by atoms with Crippen LogP contribution in [-0.4, -0.2) is 57.9 Å². The average Bonchev–Trinajstić information content (AvgIpc) is 3.17. The number of thioether (sulfide) groups is 1. The Morgan fingerprint density at radius 1 is 0.895 bits per heavy atom. The van der Waals surface area contributed by atoms with Gasteiger partial charge in [-0.2, -0.15) is 0 Å². The van der Waals surface area contributed by atoms with Gasteiger partial charge in [0.05, 0.1) is 11.4 Å². The summed E-state index contributed by atoms with van der Waals surface area (Å²) in [5, 5.41) is 0.202. The van der Waals surface area contributed by atoms with Gasteiger partial charge < -0.3 is 4.90 Å². The Labute approximate surface area is 229 Å². The van der Waals surface area contributed by atoms with Gasteiger partial charge in [0.2, 0.25) is 0 Å². The molecule has 0 atom stereocenters. The Bertz CT molecular complexity index is 1400. The summed E-state index contributed by atoms with van der Waals surface area (Å²) in [5.74, 6) is -0.691. The van der Waals surface area contributed by atoms with Crippen LogP contribution in [0.3, 0.4) is 0 Å². The standard InChI is InChI=1S/C29H25ClFN3O3S/c30-24-6-2-4-22(16-24)19-34-28(36)26(38-29(34)37)17-21-3-1-5-23(15-21)27(35)33-13-11-32(12-14-33)18-20-7-9-25(31)10-8-20/h1-10,15-17H,11-14,18-19H2/b26-17-. The zero-order valence-corrected chi connectivity index (χ0v) is 22.1. The van der Waals surface area contributed by atoms with Crippen LogP contribution >= 0.6 is 23.4 Å². The highest BCUT2D eigenvalue weighted by molar-refractivity contribution is 8.18. The van der Waals surface area contributed by atoms with Gasteiger partial charge in [-0.15, -0.1) is 0 Å². The molecule has 3 aromatic rings. The lowest BCUT2D eigenvalue weighted by atomic mass is 10.1. The maximum atomic E-state index is 13.2. The molecule has 2 fully saturated rings. The molecule has 38 heavy (non-hydrogen) atoms. The number of benzene rings is 3. The van der Waals surface area contributed by atoms with Crippen molar-refractivity contribution in [2.24, 2.45) is 0 Å². The summed E-state index contributed by atoms with van der Waals surface area (Å²) >= 11 is 6.92. The molecular formula is C29H25ClFN3O3S. The molecule has 2 aliphatic heterocycles. The summed E-state index contributed by atoms with van der Waals surface area (Å²) < 4.78 is 13.2. The van der Waals surface area contributed by atoms with Crippen molar-refractivity contribution in [2.75, 3.05) is 26.2 Å². The van der Waals surface area contributed by atoms with Crippen molar-refractivity contribution >= 4 is 46.5 Å². The summed E-state index contributed by atoms with van der Waals surface area (Å²) in [7, 11) is 0. The Balaban J connectivity index is 1.21. The van der Waals surface area contributed by atoms with Gasteiger partial charge in [-0.3, -0.25) is 24.2 Å². The molecule has 0 bridgehead atoms. The summed E-state index contributed by atoms with van der Waals surface area (Å²) in [4.78, 5) is 44.2. The molecule has 9 heteroatoms. The fourth-order valence-electron chi connectivity index (χ4n) is 4.51. The fourth-order valence-corrected chi connectivity index (χ4v) is 5.56. The molecule has 0 saturated carbocycles. The van der Waals surface area contributed by atoms with E-state index in [1.807, 2.05) is 17.0 Å². The Morgan fingerprint density at radius 3 is 2.37 bits per heavy atom. The molecule has 2 heterocycles. The summed E-state index contributed by atoms with van der Waals surface area (Å²) in [6.45, 7) is 3.49. The van der Waals surface area contributed by atoms with Crippen LogP contribution in [0.1, 0.15) is 27.0 Å². The van der Waals surface area contributed by atoms with Gasteiger partial charge in [-0.05, 0) is 70.9 Å². The van der Waals surface area contributed by atoms with Crippen LogP contribution < -0.4 is 0 Å². The zero-order chi connectivity index (χ0) is 26.6. The molecular weight excluding hydrogens is 525 g/mol. The van der Waals surface area contributed by atoms with E-state index in [0.717, 1.165) is 36.0 Å². The highest BCUT2D eigenvalue weighted by Gasteiger charge is 2.35. The number of hydrogen-bond donors (Lipinski definition) is 0. The highest BCUT2D eigenvalue weighted by Crippen LogP contribution is 2.33. The minimum atomic E-state index is -0.367. The van der Waals surface area contributed by atoms with Crippen molar-refractivity contribution in [2.45, 2.75) is 13.1 Å². The van der Waals surface area contributed by atoms with Crippen LogP contribution in [-0.2, 0) is 17.9 Å². The molecule has 0 aliphatic carbocycles. The minimum absolute atomic E-state index is 0.0734. The molecule has 6 nitrogen and oxygen atoms in total.